The molecule has 2 nitrogen and oxygen atoms in total. The third kappa shape index (κ3) is 4.44. The molecule has 146 valence electrons. The molecule has 0 radical (unpaired) electrons. The number of benzene rings is 3. The lowest BCUT2D eigenvalue weighted by atomic mass is 9.99. The number of aryl methyl sites for hydroxylation is 2. The summed E-state index contributed by atoms with van der Waals surface area (Å²) in [5, 5.41) is 3.80. The Morgan fingerprint density at radius 3 is 2.48 bits per heavy atom. The second-order valence-corrected chi connectivity index (χ2v) is 7.93. The maximum atomic E-state index is 13.3. The van der Waals surface area contributed by atoms with E-state index in [1.54, 1.807) is 0 Å². The minimum absolute atomic E-state index is 0.0771. The Hall–Kier alpha value is -2.84. The summed E-state index contributed by atoms with van der Waals surface area (Å²) in [6, 6.07) is 23.8. The van der Waals surface area contributed by atoms with Gasteiger partial charge in [0.05, 0.1) is 6.04 Å². The fourth-order valence-electron chi connectivity index (χ4n) is 3.86. The highest BCUT2D eigenvalue weighted by Gasteiger charge is 2.18. The zero-order chi connectivity index (χ0) is 20.2. The second-order valence-electron chi connectivity index (χ2n) is 7.52. The Bertz CT molecular complexity index is 1060. The molecule has 1 atom stereocenters. The van der Waals surface area contributed by atoms with Crippen LogP contribution in [-0.4, -0.2) is 5.91 Å². The van der Waals surface area contributed by atoms with Gasteiger partial charge in [0.1, 0.15) is 0 Å². The molecule has 0 saturated heterocycles. The Morgan fingerprint density at radius 1 is 0.966 bits per heavy atom. The number of nitrogens with one attached hydrogen (secondary N) is 1. The summed E-state index contributed by atoms with van der Waals surface area (Å²) in [5.41, 5.74) is 6.30. The molecular weight excluding hydrogens is 378 g/mol. The van der Waals surface area contributed by atoms with Crippen LogP contribution in [0, 0.1) is 0 Å². The van der Waals surface area contributed by atoms with Gasteiger partial charge in [0, 0.05) is 10.6 Å². The molecule has 1 aliphatic carbocycles. The molecule has 3 aromatic carbocycles. The summed E-state index contributed by atoms with van der Waals surface area (Å²) in [5.74, 6) is -0.107. The van der Waals surface area contributed by atoms with E-state index < -0.39 is 0 Å². The van der Waals surface area contributed by atoms with Gasteiger partial charge in [-0.3, -0.25) is 4.79 Å². The minimum atomic E-state index is -0.107. The highest BCUT2D eigenvalue weighted by Crippen LogP contribution is 2.27. The SMILES string of the molecule is C[C@H](NC(=O)/C(=C/c1ccccc1Cl)c1ccccc1)c1ccc2c(c1)CCC2. The third-order valence-electron chi connectivity index (χ3n) is 5.50. The summed E-state index contributed by atoms with van der Waals surface area (Å²) in [6.07, 6.45) is 5.38. The van der Waals surface area contributed by atoms with Crippen LogP contribution in [0.1, 0.15) is 47.2 Å². The van der Waals surface area contributed by atoms with Gasteiger partial charge in [-0.05, 0) is 66.1 Å². The van der Waals surface area contributed by atoms with Crippen LogP contribution in [0.3, 0.4) is 0 Å². The molecule has 0 aromatic heterocycles. The summed E-state index contributed by atoms with van der Waals surface area (Å²) in [6.45, 7) is 2.03. The first-order chi connectivity index (χ1) is 14.1. The number of hydrogen-bond donors (Lipinski definition) is 1. The fraction of sp³-hybridized carbons (Fsp3) is 0.192. The van der Waals surface area contributed by atoms with Gasteiger partial charge in [0.15, 0.2) is 0 Å². The molecule has 0 fully saturated rings. The van der Waals surface area contributed by atoms with Gasteiger partial charge in [-0.15, -0.1) is 0 Å². The molecule has 1 aliphatic rings. The Kier molecular flexibility index (Phi) is 5.82. The van der Waals surface area contributed by atoms with Crippen LogP contribution in [-0.2, 0) is 17.6 Å². The van der Waals surface area contributed by atoms with Crippen molar-refractivity contribution in [1.82, 2.24) is 5.32 Å². The van der Waals surface area contributed by atoms with Crippen molar-refractivity contribution in [3.63, 3.8) is 0 Å². The van der Waals surface area contributed by atoms with Crippen LogP contribution in [0.2, 0.25) is 5.02 Å². The van der Waals surface area contributed by atoms with E-state index in [1.807, 2.05) is 67.6 Å². The van der Waals surface area contributed by atoms with E-state index in [-0.39, 0.29) is 11.9 Å². The van der Waals surface area contributed by atoms with Crippen molar-refractivity contribution in [3.8, 4) is 0 Å². The molecule has 0 unspecified atom stereocenters. The monoisotopic (exact) mass is 401 g/mol. The van der Waals surface area contributed by atoms with Gasteiger partial charge < -0.3 is 5.32 Å². The highest BCUT2D eigenvalue weighted by atomic mass is 35.5. The summed E-state index contributed by atoms with van der Waals surface area (Å²) in [7, 11) is 0. The highest BCUT2D eigenvalue weighted by molar-refractivity contribution is 6.33. The van der Waals surface area contributed by atoms with Crippen molar-refractivity contribution in [2.24, 2.45) is 0 Å². The molecule has 0 bridgehead atoms. The standard InChI is InChI=1S/C26H24ClNO/c1-18(21-15-14-19-11-7-12-22(19)16-21)28-26(29)24(20-8-3-2-4-9-20)17-23-10-5-6-13-25(23)27/h2-6,8-10,13-18H,7,11-12H2,1H3,(H,28,29)/b24-17+/t18-/m0/s1. The van der Waals surface area contributed by atoms with Gasteiger partial charge in [-0.25, -0.2) is 0 Å². The van der Waals surface area contributed by atoms with E-state index in [0.717, 1.165) is 29.5 Å². The Labute approximate surface area is 177 Å². The van der Waals surface area contributed by atoms with Crippen molar-refractivity contribution >= 4 is 29.2 Å². The van der Waals surface area contributed by atoms with Crippen molar-refractivity contribution < 1.29 is 4.79 Å². The quantitative estimate of drug-likeness (QED) is 0.397. The number of halogens is 1. The van der Waals surface area contributed by atoms with Crippen LogP contribution >= 0.6 is 11.6 Å². The largest absolute Gasteiger partial charge is 0.345 e. The normalized spacial score (nSPS) is 14.3. The maximum Gasteiger partial charge on any atom is 0.252 e. The molecule has 0 saturated carbocycles. The third-order valence-corrected chi connectivity index (χ3v) is 5.85. The van der Waals surface area contributed by atoms with Crippen LogP contribution in [0.4, 0.5) is 0 Å². The molecule has 3 aromatic rings. The molecule has 3 heteroatoms. The Morgan fingerprint density at radius 2 is 1.69 bits per heavy atom. The van der Waals surface area contributed by atoms with Gasteiger partial charge in [0.2, 0.25) is 0 Å². The predicted octanol–water partition coefficient (Wildman–Crippen LogP) is 6.25. The van der Waals surface area contributed by atoms with E-state index in [1.165, 1.54) is 17.5 Å². The van der Waals surface area contributed by atoms with Crippen LogP contribution in [0.5, 0.6) is 0 Å². The first-order valence-electron chi connectivity index (χ1n) is 10.1. The zero-order valence-electron chi connectivity index (χ0n) is 16.5. The van der Waals surface area contributed by atoms with Crippen molar-refractivity contribution in [1.29, 1.82) is 0 Å². The average molecular weight is 402 g/mol. The van der Waals surface area contributed by atoms with E-state index in [9.17, 15) is 4.79 Å². The lowest BCUT2D eigenvalue weighted by Gasteiger charge is -2.17. The number of rotatable bonds is 5. The average Bonchev–Trinajstić information content (AvgIpc) is 3.21. The maximum absolute atomic E-state index is 13.3. The summed E-state index contributed by atoms with van der Waals surface area (Å²) >= 11 is 6.34. The number of carbonyl (C=O) groups excluding carboxylic acids is 1. The molecular formula is C26H24ClNO. The lowest BCUT2D eigenvalue weighted by molar-refractivity contribution is -0.116. The van der Waals surface area contributed by atoms with Crippen molar-refractivity contribution in [2.75, 3.05) is 0 Å². The smallest absolute Gasteiger partial charge is 0.252 e. The predicted molar refractivity (Wildman–Crippen MR) is 121 cm³/mol. The molecule has 4 rings (SSSR count). The molecule has 29 heavy (non-hydrogen) atoms. The molecule has 0 aliphatic heterocycles. The van der Waals surface area contributed by atoms with E-state index in [4.69, 9.17) is 11.6 Å². The van der Waals surface area contributed by atoms with Crippen LogP contribution in [0.25, 0.3) is 11.6 Å². The van der Waals surface area contributed by atoms with Gasteiger partial charge >= 0.3 is 0 Å². The topological polar surface area (TPSA) is 29.1 Å². The first kappa shape index (κ1) is 19.5. The second kappa shape index (κ2) is 8.67. The lowest BCUT2D eigenvalue weighted by Crippen LogP contribution is -2.27. The van der Waals surface area contributed by atoms with Gasteiger partial charge in [-0.2, -0.15) is 0 Å². The van der Waals surface area contributed by atoms with Gasteiger partial charge in [0.25, 0.3) is 5.91 Å². The summed E-state index contributed by atoms with van der Waals surface area (Å²) in [4.78, 5) is 13.3. The zero-order valence-corrected chi connectivity index (χ0v) is 17.2. The molecule has 0 spiro atoms. The van der Waals surface area contributed by atoms with Crippen molar-refractivity contribution in [2.45, 2.75) is 32.2 Å². The van der Waals surface area contributed by atoms with E-state index in [0.29, 0.717) is 10.6 Å². The molecule has 0 heterocycles. The number of amides is 1. The summed E-state index contributed by atoms with van der Waals surface area (Å²) < 4.78 is 0. The Balaban J connectivity index is 1.62. The molecule has 1 amide bonds. The van der Waals surface area contributed by atoms with Crippen LogP contribution < -0.4 is 5.32 Å². The van der Waals surface area contributed by atoms with Crippen molar-refractivity contribution in [3.05, 3.63) is 106 Å². The van der Waals surface area contributed by atoms with E-state index in [2.05, 4.69) is 23.5 Å². The van der Waals surface area contributed by atoms with E-state index >= 15 is 0 Å². The molecule has 1 N–H and O–H groups in total. The number of hydrogen-bond acceptors (Lipinski definition) is 1. The van der Waals surface area contributed by atoms with Crippen LogP contribution in [0.15, 0.2) is 72.8 Å². The number of carbonyl (C=O) groups is 1. The van der Waals surface area contributed by atoms with Gasteiger partial charge in [-0.1, -0.05) is 78.3 Å². The number of fused-ring (bicyclic) bond motifs is 1. The fourth-order valence-corrected chi connectivity index (χ4v) is 4.05. The minimum Gasteiger partial charge on any atom is -0.345 e. The first-order valence-corrected chi connectivity index (χ1v) is 10.4.